The highest BCUT2D eigenvalue weighted by molar-refractivity contribution is 6.30. The molecule has 1 N–H and O–H groups in total. The second-order valence-corrected chi connectivity index (χ2v) is 7.75. The van der Waals surface area contributed by atoms with Crippen molar-refractivity contribution < 1.29 is 13.9 Å². The predicted octanol–water partition coefficient (Wildman–Crippen LogP) is 4.73. The standard InChI is InChI=1S/C23H20ClN3O4/c1-14(2)30-18-7-8-19-20(10-22(28)31-21(19)9-18)23(29)26-17-11-25-27(13-17)12-15-3-5-16(24)6-4-15/h3-11,13-14H,12H2,1-2H3,(H,26,29). The van der Waals surface area contributed by atoms with E-state index in [1.54, 1.807) is 35.3 Å². The molecule has 1 amide bonds. The number of benzene rings is 2. The minimum Gasteiger partial charge on any atom is -0.491 e. The molecule has 0 saturated carbocycles. The third-order valence-corrected chi connectivity index (χ3v) is 4.73. The normalized spacial score (nSPS) is 11.1. The van der Waals surface area contributed by atoms with Gasteiger partial charge in [-0.3, -0.25) is 9.48 Å². The van der Waals surface area contributed by atoms with Crippen molar-refractivity contribution in [3.8, 4) is 5.75 Å². The number of nitrogens with one attached hydrogen (secondary N) is 1. The van der Waals surface area contributed by atoms with Crippen molar-refractivity contribution in [3.05, 3.63) is 87.5 Å². The Balaban J connectivity index is 1.55. The van der Waals surface area contributed by atoms with Crippen LogP contribution in [0.5, 0.6) is 5.75 Å². The SMILES string of the molecule is CC(C)Oc1ccc2c(C(=O)Nc3cnn(Cc4ccc(Cl)cc4)c3)cc(=O)oc2c1. The molecule has 0 aliphatic carbocycles. The first kappa shape index (κ1) is 20.7. The van der Waals surface area contributed by atoms with Gasteiger partial charge in [-0.25, -0.2) is 4.79 Å². The van der Waals surface area contributed by atoms with Crippen molar-refractivity contribution in [1.82, 2.24) is 9.78 Å². The fourth-order valence-electron chi connectivity index (χ4n) is 3.17. The number of ether oxygens (including phenoxy) is 1. The lowest BCUT2D eigenvalue weighted by Gasteiger charge is -2.11. The Morgan fingerprint density at radius 1 is 1.19 bits per heavy atom. The summed E-state index contributed by atoms with van der Waals surface area (Å²) < 4.78 is 12.6. The van der Waals surface area contributed by atoms with Crippen LogP contribution in [-0.4, -0.2) is 21.8 Å². The third-order valence-electron chi connectivity index (χ3n) is 4.48. The summed E-state index contributed by atoms with van der Waals surface area (Å²) in [6.07, 6.45) is 3.24. The van der Waals surface area contributed by atoms with Crippen molar-refractivity contribution in [2.75, 3.05) is 5.32 Å². The fraction of sp³-hybridized carbons (Fsp3) is 0.174. The number of halogens is 1. The average molecular weight is 438 g/mol. The first-order chi connectivity index (χ1) is 14.9. The van der Waals surface area contributed by atoms with E-state index < -0.39 is 11.5 Å². The fourth-order valence-corrected chi connectivity index (χ4v) is 3.29. The molecular formula is C23H20ClN3O4. The van der Waals surface area contributed by atoms with Gasteiger partial charge in [-0.15, -0.1) is 0 Å². The summed E-state index contributed by atoms with van der Waals surface area (Å²) in [6, 6.07) is 13.7. The van der Waals surface area contributed by atoms with Crippen LogP contribution in [0.2, 0.25) is 5.02 Å². The molecule has 31 heavy (non-hydrogen) atoms. The van der Waals surface area contributed by atoms with E-state index in [0.717, 1.165) is 5.56 Å². The second-order valence-electron chi connectivity index (χ2n) is 7.31. The Kier molecular flexibility index (Phi) is 5.77. The van der Waals surface area contributed by atoms with Crippen molar-refractivity contribution >= 4 is 34.2 Å². The summed E-state index contributed by atoms with van der Waals surface area (Å²) in [7, 11) is 0. The summed E-state index contributed by atoms with van der Waals surface area (Å²) in [5.74, 6) is 0.133. The van der Waals surface area contributed by atoms with E-state index in [-0.39, 0.29) is 17.3 Å². The highest BCUT2D eigenvalue weighted by Gasteiger charge is 2.15. The maximum absolute atomic E-state index is 12.9. The molecule has 4 rings (SSSR count). The molecule has 0 radical (unpaired) electrons. The van der Waals surface area contributed by atoms with Crippen molar-refractivity contribution in [2.45, 2.75) is 26.5 Å². The molecule has 0 fully saturated rings. The number of nitrogens with zero attached hydrogens (tertiary/aromatic N) is 2. The zero-order valence-corrected chi connectivity index (χ0v) is 17.7. The van der Waals surface area contributed by atoms with Gasteiger partial charge in [0, 0.05) is 28.7 Å². The minimum absolute atomic E-state index is 0.0277. The van der Waals surface area contributed by atoms with Gasteiger partial charge in [0.2, 0.25) is 0 Å². The van der Waals surface area contributed by atoms with Gasteiger partial charge in [0.1, 0.15) is 11.3 Å². The van der Waals surface area contributed by atoms with Gasteiger partial charge in [-0.2, -0.15) is 5.10 Å². The van der Waals surface area contributed by atoms with E-state index in [9.17, 15) is 9.59 Å². The Bertz CT molecular complexity index is 1290. The summed E-state index contributed by atoms with van der Waals surface area (Å²) >= 11 is 5.91. The number of fused-ring (bicyclic) bond motifs is 1. The Morgan fingerprint density at radius 3 is 2.71 bits per heavy atom. The van der Waals surface area contributed by atoms with E-state index in [2.05, 4.69) is 10.4 Å². The lowest BCUT2D eigenvalue weighted by Crippen LogP contribution is -2.15. The van der Waals surface area contributed by atoms with Crippen LogP contribution in [0, 0.1) is 0 Å². The van der Waals surface area contributed by atoms with Crippen LogP contribution in [0.1, 0.15) is 29.8 Å². The average Bonchev–Trinajstić information content (AvgIpc) is 3.15. The van der Waals surface area contributed by atoms with Crippen LogP contribution < -0.4 is 15.7 Å². The van der Waals surface area contributed by atoms with Crippen molar-refractivity contribution in [2.24, 2.45) is 0 Å². The first-order valence-electron chi connectivity index (χ1n) is 9.70. The van der Waals surface area contributed by atoms with E-state index in [4.69, 9.17) is 20.8 Å². The van der Waals surface area contributed by atoms with Crippen LogP contribution in [0.3, 0.4) is 0 Å². The molecule has 0 atom stereocenters. The lowest BCUT2D eigenvalue weighted by atomic mass is 10.1. The van der Waals surface area contributed by atoms with Gasteiger partial charge >= 0.3 is 5.63 Å². The van der Waals surface area contributed by atoms with Gasteiger partial charge in [-0.1, -0.05) is 23.7 Å². The monoisotopic (exact) mass is 437 g/mol. The molecule has 2 aromatic heterocycles. The summed E-state index contributed by atoms with van der Waals surface area (Å²) in [5.41, 5.74) is 1.43. The Hall–Kier alpha value is -3.58. The topological polar surface area (TPSA) is 86.4 Å². The third kappa shape index (κ3) is 4.95. The van der Waals surface area contributed by atoms with E-state index >= 15 is 0 Å². The summed E-state index contributed by atoms with van der Waals surface area (Å²) in [4.78, 5) is 24.9. The number of hydrogen-bond donors (Lipinski definition) is 1. The summed E-state index contributed by atoms with van der Waals surface area (Å²) in [6.45, 7) is 4.33. The van der Waals surface area contributed by atoms with E-state index in [0.29, 0.717) is 28.4 Å². The van der Waals surface area contributed by atoms with Gasteiger partial charge in [0.25, 0.3) is 5.91 Å². The Morgan fingerprint density at radius 2 is 1.97 bits per heavy atom. The summed E-state index contributed by atoms with van der Waals surface area (Å²) in [5, 5.41) is 8.24. The van der Waals surface area contributed by atoms with E-state index in [1.807, 2.05) is 38.1 Å². The first-order valence-corrected chi connectivity index (χ1v) is 10.1. The predicted molar refractivity (Wildman–Crippen MR) is 119 cm³/mol. The zero-order chi connectivity index (χ0) is 22.0. The van der Waals surface area contributed by atoms with Gasteiger partial charge in [-0.05, 0) is 43.7 Å². The molecule has 0 aliphatic rings. The maximum atomic E-state index is 12.9. The molecule has 0 unspecified atom stereocenters. The lowest BCUT2D eigenvalue weighted by molar-refractivity contribution is 0.102. The highest BCUT2D eigenvalue weighted by atomic mass is 35.5. The van der Waals surface area contributed by atoms with Gasteiger partial charge in [0.05, 0.1) is 30.1 Å². The molecule has 2 aromatic carbocycles. The number of rotatable bonds is 6. The van der Waals surface area contributed by atoms with Crippen LogP contribution in [-0.2, 0) is 6.54 Å². The van der Waals surface area contributed by atoms with E-state index in [1.165, 1.54) is 6.07 Å². The Labute approximate surface area is 183 Å². The number of carbonyl (C=O) groups is 1. The highest BCUT2D eigenvalue weighted by Crippen LogP contribution is 2.24. The van der Waals surface area contributed by atoms with Crippen molar-refractivity contribution in [3.63, 3.8) is 0 Å². The number of aromatic nitrogens is 2. The van der Waals surface area contributed by atoms with Gasteiger partial charge < -0.3 is 14.5 Å². The van der Waals surface area contributed by atoms with Crippen molar-refractivity contribution in [1.29, 1.82) is 0 Å². The molecule has 158 valence electrons. The molecule has 4 aromatic rings. The number of anilines is 1. The second kappa shape index (κ2) is 8.65. The maximum Gasteiger partial charge on any atom is 0.337 e. The molecule has 0 aliphatic heterocycles. The largest absolute Gasteiger partial charge is 0.491 e. The van der Waals surface area contributed by atoms with Crippen LogP contribution in [0.4, 0.5) is 5.69 Å². The molecular weight excluding hydrogens is 418 g/mol. The van der Waals surface area contributed by atoms with Crippen LogP contribution >= 0.6 is 11.6 Å². The van der Waals surface area contributed by atoms with Crippen LogP contribution in [0.15, 0.2) is 70.1 Å². The number of amides is 1. The minimum atomic E-state index is -0.613. The molecule has 0 bridgehead atoms. The molecule has 2 heterocycles. The van der Waals surface area contributed by atoms with Gasteiger partial charge in [0.15, 0.2) is 0 Å². The quantitative estimate of drug-likeness (QED) is 0.440. The number of carbonyl (C=O) groups excluding carboxylic acids is 1. The molecule has 0 spiro atoms. The zero-order valence-electron chi connectivity index (χ0n) is 17.0. The molecule has 0 saturated heterocycles. The molecule has 7 nitrogen and oxygen atoms in total. The van der Waals surface area contributed by atoms with Crippen LogP contribution in [0.25, 0.3) is 11.0 Å². The number of hydrogen-bond acceptors (Lipinski definition) is 5. The molecule has 8 heteroatoms. The smallest absolute Gasteiger partial charge is 0.337 e.